The Balaban J connectivity index is 2.41. The van der Waals surface area contributed by atoms with E-state index in [0.29, 0.717) is 11.4 Å². The van der Waals surface area contributed by atoms with Crippen molar-refractivity contribution in [3.8, 4) is 17.0 Å². The maximum Gasteiger partial charge on any atom is 0.356 e. The van der Waals surface area contributed by atoms with Crippen LogP contribution in [0.25, 0.3) is 11.3 Å². The summed E-state index contributed by atoms with van der Waals surface area (Å²) in [5.41, 5.74) is 1.54. The molecule has 0 unspecified atom stereocenters. The molecule has 0 amide bonds. The Morgan fingerprint density at radius 2 is 2.11 bits per heavy atom. The number of carbonyl (C=O) groups is 1. The van der Waals surface area contributed by atoms with E-state index in [9.17, 15) is 4.79 Å². The predicted octanol–water partition coefficient (Wildman–Crippen LogP) is 1.33. The van der Waals surface area contributed by atoms with E-state index in [1.807, 2.05) is 0 Å². The van der Waals surface area contributed by atoms with Gasteiger partial charge in [0.1, 0.15) is 11.4 Å². The third-order valence-electron chi connectivity index (χ3n) is 2.32. The lowest BCUT2D eigenvalue weighted by atomic mass is 10.1. The molecule has 0 saturated carbocycles. The molecule has 2 rings (SSSR count). The van der Waals surface area contributed by atoms with Crippen LogP contribution in [-0.2, 0) is 4.74 Å². The molecule has 2 aromatic heterocycles. The minimum Gasteiger partial charge on any atom is -0.495 e. The number of carbonyl (C=O) groups excluding carboxylic acids is 1. The number of aromatic nitrogens is 3. The van der Waals surface area contributed by atoms with Gasteiger partial charge in [0.2, 0.25) is 0 Å². The van der Waals surface area contributed by atoms with Crippen LogP contribution < -0.4 is 4.74 Å². The largest absolute Gasteiger partial charge is 0.495 e. The fraction of sp³-hybridized carbons (Fsp3) is 0.167. The van der Waals surface area contributed by atoms with Crippen LogP contribution in [0.15, 0.2) is 30.6 Å². The second-order valence-electron chi connectivity index (χ2n) is 3.40. The number of ether oxygens (including phenoxy) is 2. The Hall–Kier alpha value is -2.50. The molecule has 2 heterocycles. The van der Waals surface area contributed by atoms with E-state index >= 15 is 0 Å². The van der Waals surface area contributed by atoms with Crippen molar-refractivity contribution in [3.63, 3.8) is 0 Å². The normalized spacial score (nSPS) is 9.89. The Morgan fingerprint density at radius 3 is 2.83 bits per heavy atom. The summed E-state index contributed by atoms with van der Waals surface area (Å²) in [5.74, 6) is 0.101. The first-order valence-corrected chi connectivity index (χ1v) is 5.16. The molecule has 0 fully saturated rings. The highest BCUT2D eigenvalue weighted by Crippen LogP contribution is 2.20. The summed E-state index contributed by atoms with van der Waals surface area (Å²) in [4.78, 5) is 15.3. The maximum absolute atomic E-state index is 11.4. The van der Waals surface area contributed by atoms with Crippen molar-refractivity contribution in [1.29, 1.82) is 0 Å². The first-order chi connectivity index (χ1) is 8.74. The summed E-state index contributed by atoms with van der Waals surface area (Å²) in [6.45, 7) is 0. The number of rotatable bonds is 3. The van der Waals surface area contributed by atoms with Gasteiger partial charge in [0.25, 0.3) is 0 Å². The van der Waals surface area contributed by atoms with Gasteiger partial charge in [-0.15, -0.1) is 0 Å². The van der Waals surface area contributed by atoms with E-state index in [1.165, 1.54) is 19.5 Å². The number of hydrogen-bond donors (Lipinski definition) is 0. The van der Waals surface area contributed by atoms with Gasteiger partial charge in [-0.05, 0) is 12.1 Å². The molecule has 0 saturated heterocycles. The van der Waals surface area contributed by atoms with Crippen LogP contribution in [0.5, 0.6) is 5.75 Å². The molecule has 18 heavy (non-hydrogen) atoms. The zero-order chi connectivity index (χ0) is 13.0. The van der Waals surface area contributed by atoms with E-state index in [1.54, 1.807) is 25.3 Å². The average Bonchev–Trinajstić information content (AvgIpc) is 2.46. The summed E-state index contributed by atoms with van der Waals surface area (Å²) in [6, 6.07) is 5.05. The Bertz CT molecular complexity index is 572. The van der Waals surface area contributed by atoms with E-state index in [4.69, 9.17) is 4.74 Å². The summed E-state index contributed by atoms with van der Waals surface area (Å²) < 4.78 is 9.68. The van der Waals surface area contributed by atoms with E-state index in [-0.39, 0.29) is 5.69 Å². The molecule has 0 aliphatic carbocycles. The molecule has 0 spiro atoms. The molecule has 0 atom stereocenters. The third-order valence-corrected chi connectivity index (χ3v) is 2.32. The molecule has 6 nitrogen and oxygen atoms in total. The molecule has 2 aromatic rings. The topological polar surface area (TPSA) is 74.2 Å². The predicted molar refractivity (Wildman–Crippen MR) is 63.2 cm³/mol. The van der Waals surface area contributed by atoms with Crippen molar-refractivity contribution in [2.75, 3.05) is 14.2 Å². The van der Waals surface area contributed by atoms with Crippen molar-refractivity contribution >= 4 is 5.97 Å². The Labute approximate surface area is 104 Å². The standard InChI is InChI=1S/C12H11N3O3/c1-17-9-6-10(15-14-7-9)8-3-4-13-11(5-8)12(16)18-2/h3-7H,1-2H3. The fourth-order valence-corrected chi connectivity index (χ4v) is 1.41. The smallest absolute Gasteiger partial charge is 0.356 e. The van der Waals surface area contributed by atoms with Crippen molar-refractivity contribution in [3.05, 3.63) is 36.3 Å². The number of esters is 1. The van der Waals surface area contributed by atoms with E-state index in [2.05, 4.69) is 19.9 Å². The molecule has 6 heteroatoms. The van der Waals surface area contributed by atoms with Crippen molar-refractivity contribution < 1.29 is 14.3 Å². The highest BCUT2D eigenvalue weighted by atomic mass is 16.5. The average molecular weight is 245 g/mol. The van der Waals surface area contributed by atoms with Crippen LogP contribution in [-0.4, -0.2) is 35.4 Å². The van der Waals surface area contributed by atoms with Crippen LogP contribution >= 0.6 is 0 Å². The van der Waals surface area contributed by atoms with Gasteiger partial charge in [-0.2, -0.15) is 10.2 Å². The highest BCUT2D eigenvalue weighted by Gasteiger charge is 2.09. The highest BCUT2D eigenvalue weighted by molar-refractivity contribution is 5.88. The van der Waals surface area contributed by atoms with Gasteiger partial charge < -0.3 is 9.47 Å². The Kier molecular flexibility index (Phi) is 3.47. The molecule has 0 radical (unpaired) electrons. The summed E-state index contributed by atoms with van der Waals surface area (Å²) in [5, 5.41) is 7.79. The number of hydrogen-bond acceptors (Lipinski definition) is 6. The number of nitrogens with zero attached hydrogens (tertiary/aromatic N) is 3. The van der Waals surface area contributed by atoms with E-state index < -0.39 is 5.97 Å². The van der Waals surface area contributed by atoms with Gasteiger partial charge in [0.05, 0.1) is 26.1 Å². The number of pyridine rings is 1. The lowest BCUT2D eigenvalue weighted by Crippen LogP contribution is -2.04. The van der Waals surface area contributed by atoms with Gasteiger partial charge >= 0.3 is 5.97 Å². The molecule has 0 bridgehead atoms. The van der Waals surface area contributed by atoms with Crippen LogP contribution in [0.1, 0.15) is 10.5 Å². The Morgan fingerprint density at radius 1 is 1.28 bits per heavy atom. The molecule has 0 N–H and O–H groups in total. The summed E-state index contributed by atoms with van der Waals surface area (Å²) in [6.07, 6.45) is 3.02. The SMILES string of the molecule is COC(=O)c1cc(-c2cc(OC)cnn2)ccn1. The van der Waals surface area contributed by atoms with Crippen LogP contribution in [0.3, 0.4) is 0 Å². The van der Waals surface area contributed by atoms with Gasteiger partial charge in [0.15, 0.2) is 0 Å². The van der Waals surface area contributed by atoms with Gasteiger partial charge in [-0.3, -0.25) is 0 Å². The van der Waals surface area contributed by atoms with Gasteiger partial charge in [-0.1, -0.05) is 0 Å². The molecular weight excluding hydrogens is 234 g/mol. The number of methoxy groups -OCH3 is 2. The second-order valence-corrected chi connectivity index (χ2v) is 3.40. The van der Waals surface area contributed by atoms with E-state index in [0.717, 1.165) is 5.56 Å². The minimum absolute atomic E-state index is 0.222. The summed E-state index contributed by atoms with van der Waals surface area (Å²) >= 11 is 0. The van der Waals surface area contributed by atoms with Crippen LogP contribution in [0, 0.1) is 0 Å². The van der Waals surface area contributed by atoms with Gasteiger partial charge in [0, 0.05) is 17.8 Å². The van der Waals surface area contributed by atoms with Crippen molar-refractivity contribution in [2.24, 2.45) is 0 Å². The fourth-order valence-electron chi connectivity index (χ4n) is 1.41. The third kappa shape index (κ3) is 2.42. The molecule has 92 valence electrons. The quantitative estimate of drug-likeness (QED) is 0.759. The van der Waals surface area contributed by atoms with Gasteiger partial charge in [-0.25, -0.2) is 9.78 Å². The first-order valence-electron chi connectivity index (χ1n) is 5.16. The summed E-state index contributed by atoms with van der Waals surface area (Å²) in [7, 11) is 2.86. The zero-order valence-corrected chi connectivity index (χ0v) is 9.95. The van der Waals surface area contributed by atoms with Crippen molar-refractivity contribution in [2.45, 2.75) is 0 Å². The maximum atomic E-state index is 11.4. The van der Waals surface area contributed by atoms with Crippen LogP contribution in [0.4, 0.5) is 0 Å². The first kappa shape index (κ1) is 12.0. The molecule has 0 aliphatic heterocycles. The minimum atomic E-state index is -0.493. The van der Waals surface area contributed by atoms with Crippen LogP contribution in [0.2, 0.25) is 0 Å². The zero-order valence-electron chi connectivity index (χ0n) is 9.95. The second kappa shape index (κ2) is 5.22. The molecular formula is C12H11N3O3. The molecule has 0 aliphatic rings. The lowest BCUT2D eigenvalue weighted by Gasteiger charge is -2.04. The molecule has 0 aromatic carbocycles. The monoisotopic (exact) mass is 245 g/mol. The van der Waals surface area contributed by atoms with Crippen molar-refractivity contribution in [1.82, 2.24) is 15.2 Å². The lowest BCUT2D eigenvalue weighted by molar-refractivity contribution is 0.0594.